The molecule has 2 amide bonds. The summed E-state index contributed by atoms with van der Waals surface area (Å²) in [5.74, 6) is 0.997. The lowest BCUT2D eigenvalue weighted by Crippen LogP contribution is -2.48. The van der Waals surface area contributed by atoms with Crippen LogP contribution in [0, 0.1) is 0 Å². The van der Waals surface area contributed by atoms with E-state index in [1.807, 2.05) is 79.2 Å². The molecule has 1 aliphatic rings. The van der Waals surface area contributed by atoms with E-state index < -0.39 is 0 Å². The van der Waals surface area contributed by atoms with E-state index in [0.29, 0.717) is 51.2 Å². The SMILES string of the molecule is CCOc1cncc(-c2ccccc2CCC(=O)N2CCN(c3ccc(C(=O)N(CC)CC)cc3)CC2)c1. The second-order valence-electron chi connectivity index (χ2n) is 9.39. The van der Waals surface area contributed by atoms with Crippen LogP contribution in [0.5, 0.6) is 5.75 Å². The zero-order valence-corrected chi connectivity index (χ0v) is 22.7. The lowest BCUT2D eigenvalue weighted by atomic mass is 9.97. The van der Waals surface area contributed by atoms with Gasteiger partial charge in [-0.25, -0.2) is 0 Å². The van der Waals surface area contributed by atoms with Crippen LogP contribution in [0.2, 0.25) is 0 Å². The number of rotatable bonds is 10. The minimum absolute atomic E-state index is 0.0665. The molecule has 0 aliphatic carbocycles. The Morgan fingerprint density at radius 3 is 2.32 bits per heavy atom. The molecule has 1 fully saturated rings. The molecular formula is C31H38N4O3. The largest absolute Gasteiger partial charge is 0.492 e. The number of hydrogen-bond acceptors (Lipinski definition) is 5. The van der Waals surface area contributed by atoms with Gasteiger partial charge in [0.05, 0.1) is 12.8 Å². The Bertz CT molecular complexity index is 1220. The number of benzene rings is 2. The normalized spacial score (nSPS) is 13.3. The molecule has 0 radical (unpaired) electrons. The van der Waals surface area contributed by atoms with Crippen molar-refractivity contribution in [1.29, 1.82) is 0 Å². The minimum Gasteiger partial charge on any atom is -0.492 e. The molecule has 7 nitrogen and oxygen atoms in total. The van der Waals surface area contributed by atoms with E-state index >= 15 is 0 Å². The van der Waals surface area contributed by atoms with Crippen molar-refractivity contribution in [3.05, 3.63) is 78.1 Å². The standard InChI is InChI=1S/C31H38N4O3/c1-4-33(5-2)31(37)25-11-14-27(15-12-25)34-17-19-35(20-18-34)30(36)16-13-24-9-7-8-10-29(24)26-21-28(38-6-3)23-32-22-26/h7-12,14-15,21-23H,4-6,13,16-20H2,1-3H3. The highest BCUT2D eigenvalue weighted by atomic mass is 16.5. The number of anilines is 1. The number of aryl methyl sites for hydroxylation is 1. The maximum Gasteiger partial charge on any atom is 0.253 e. The summed E-state index contributed by atoms with van der Waals surface area (Å²) in [5.41, 5.74) is 5.02. The average molecular weight is 515 g/mol. The molecule has 0 atom stereocenters. The van der Waals surface area contributed by atoms with Crippen LogP contribution >= 0.6 is 0 Å². The van der Waals surface area contributed by atoms with Gasteiger partial charge in [0.25, 0.3) is 5.91 Å². The van der Waals surface area contributed by atoms with Gasteiger partial charge in [-0.3, -0.25) is 14.6 Å². The first kappa shape index (κ1) is 27.2. The molecule has 1 aromatic heterocycles. The summed E-state index contributed by atoms with van der Waals surface area (Å²) in [5, 5.41) is 0. The van der Waals surface area contributed by atoms with Gasteiger partial charge in [-0.15, -0.1) is 0 Å². The average Bonchev–Trinajstić information content (AvgIpc) is 2.97. The summed E-state index contributed by atoms with van der Waals surface area (Å²) in [4.78, 5) is 36.1. The molecule has 3 aromatic rings. The summed E-state index contributed by atoms with van der Waals surface area (Å²) in [6.07, 6.45) is 4.71. The van der Waals surface area contributed by atoms with E-state index in [0.717, 1.165) is 41.2 Å². The first-order valence-electron chi connectivity index (χ1n) is 13.6. The number of hydrogen-bond donors (Lipinski definition) is 0. The summed E-state index contributed by atoms with van der Waals surface area (Å²) < 4.78 is 5.62. The third kappa shape index (κ3) is 6.52. The first-order chi connectivity index (χ1) is 18.5. The second kappa shape index (κ2) is 13.1. The van der Waals surface area contributed by atoms with Gasteiger partial charge >= 0.3 is 0 Å². The maximum atomic E-state index is 13.1. The smallest absolute Gasteiger partial charge is 0.253 e. The number of piperazine rings is 1. The Hall–Kier alpha value is -3.87. The molecule has 4 rings (SSSR count). The van der Waals surface area contributed by atoms with Crippen LogP contribution < -0.4 is 9.64 Å². The third-order valence-corrected chi connectivity index (χ3v) is 7.12. The van der Waals surface area contributed by atoms with Gasteiger partial charge in [0.15, 0.2) is 0 Å². The van der Waals surface area contributed by atoms with Crippen molar-refractivity contribution in [1.82, 2.24) is 14.8 Å². The van der Waals surface area contributed by atoms with Crippen molar-refractivity contribution in [3.8, 4) is 16.9 Å². The highest BCUT2D eigenvalue weighted by molar-refractivity contribution is 5.94. The van der Waals surface area contributed by atoms with Crippen molar-refractivity contribution in [2.24, 2.45) is 0 Å². The van der Waals surface area contributed by atoms with Crippen molar-refractivity contribution in [2.45, 2.75) is 33.6 Å². The minimum atomic E-state index is 0.0665. The van der Waals surface area contributed by atoms with Crippen LogP contribution in [0.25, 0.3) is 11.1 Å². The maximum absolute atomic E-state index is 13.1. The summed E-state index contributed by atoms with van der Waals surface area (Å²) in [6.45, 7) is 10.9. The van der Waals surface area contributed by atoms with Crippen LogP contribution in [-0.4, -0.2) is 72.5 Å². The summed E-state index contributed by atoms with van der Waals surface area (Å²) in [7, 11) is 0. The monoisotopic (exact) mass is 514 g/mol. The molecule has 0 spiro atoms. The van der Waals surface area contributed by atoms with E-state index in [2.05, 4.69) is 22.0 Å². The Labute approximate surface area is 226 Å². The molecule has 2 heterocycles. The summed E-state index contributed by atoms with van der Waals surface area (Å²) in [6, 6.07) is 18.0. The molecular weight excluding hydrogens is 476 g/mol. The van der Waals surface area contributed by atoms with Crippen LogP contribution in [0.1, 0.15) is 43.1 Å². The van der Waals surface area contributed by atoms with Crippen molar-refractivity contribution in [3.63, 3.8) is 0 Å². The number of carbonyl (C=O) groups is 2. The second-order valence-corrected chi connectivity index (χ2v) is 9.39. The number of aromatic nitrogens is 1. The fourth-order valence-corrected chi connectivity index (χ4v) is 4.95. The van der Waals surface area contributed by atoms with Crippen molar-refractivity contribution in [2.75, 3.05) is 50.8 Å². The van der Waals surface area contributed by atoms with Crippen LogP contribution in [-0.2, 0) is 11.2 Å². The number of nitrogens with zero attached hydrogens (tertiary/aromatic N) is 4. The van der Waals surface area contributed by atoms with Gasteiger partial charge in [0.1, 0.15) is 5.75 Å². The van der Waals surface area contributed by atoms with Gasteiger partial charge in [-0.2, -0.15) is 0 Å². The van der Waals surface area contributed by atoms with E-state index in [1.54, 1.807) is 6.20 Å². The summed E-state index contributed by atoms with van der Waals surface area (Å²) >= 11 is 0. The number of ether oxygens (including phenoxy) is 1. The van der Waals surface area contributed by atoms with Gasteiger partial charge in [-0.1, -0.05) is 24.3 Å². The molecule has 38 heavy (non-hydrogen) atoms. The molecule has 200 valence electrons. The highest BCUT2D eigenvalue weighted by Crippen LogP contribution is 2.27. The lowest BCUT2D eigenvalue weighted by Gasteiger charge is -2.36. The van der Waals surface area contributed by atoms with Crippen LogP contribution in [0.15, 0.2) is 67.0 Å². The predicted molar refractivity (Wildman–Crippen MR) is 152 cm³/mol. The van der Waals surface area contributed by atoms with E-state index in [9.17, 15) is 9.59 Å². The van der Waals surface area contributed by atoms with Gasteiger partial charge < -0.3 is 19.4 Å². The molecule has 1 saturated heterocycles. The number of carbonyl (C=O) groups excluding carboxylic acids is 2. The molecule has 0 bridgehead atoms. The molecule has 0 saturated carbocycles. The van der Waals surface area contributed by atoms with Crippen molar-refractivity contribution < 1.29 is 14.3 Å². The Morgan fingerprint density at radius 2 is 1.63 bits per heavy atom. The van der Waals surface area contributed by atoms with E-state index in [4.69, 9.17) is 4.74 Å². The fraction of sp³-hybridized carbons (Fsp3) is 0.387. The van der Waals surface area contributed by atoms with E-state index in [1.165, 1.54) is 0 Å². The predicted octanol–water partition coefficient (Wildman–Crippen LogP) is 4.91. The quantitative estimate of drug-likeness (QED) is 0.385. The van der Waals surface area contributed by atoms with E-state index in [-0.39, 0.29) is 11.8 Å². The van der Waals surface area contributed by atoms with Gasteiger partial charge in [-0.05, 0) is 68.7 Å². The third-order valence-electron chi connectivity index (χ3n) is 7.12. The molecule has 7 heteroatoms. The number of amides is 2. The topological polar surface area (TPSA) is 66.0 Å². The highest BCUT2D eigenvalue weighted by Gasteiger charge is 2.22. The van der Waals surface area contributed by atoms with Crippen LogP contribution in [0.4, 0.5) is 5.69 Å². The molecule has 0 N–H and O–H groups in total. The Kier molecular flexibility index (Phi) is 9.35. The van der Waals surface area contributed by atoms with Crippen molar-refractivity contribution >= 4 is 17.5 Å². The zero-order valence-electron chi connectivity index (χ0n) is 22.7. The number of pyridine rings is 1. The fourth-order valence-electron chi connectivity index (χ4n) is 4.95. The molecule has 1 aliphatic heterocycles. The first-order valence-corrected chi connectivity index (χ1v) is 13.6. The molecule has 2 aromatic carbocycles. The van der Waals surface area contributed by atoms with Gasteiger partial charge in [0, 0.05) is 68.7 Å². The molecule has 0 unspecified atom stereocenters. The lowest BCUT2D eigenvalue weighted by molar-refractivity contribution is -0.131. The van der Waals surface area contributed by atoms with Crippen LogP contribution in [0.3, 0.4) is 0 Å². The Balaban J connectivity index is 1.32. The Morgan fingerprint density at radius 1 is 0.921 bits per heavy atom. The van der Waals surface area contributed by atoms with Gasteiger partial charge in [0.2, 0.25) is 5.91 Å². The zero-order chi connectivity index (χ0) is 26.9.